The number of hydrogen-bond donors (Lipinski definition) is 1. The van der Waals surface area contributed by atoms with E-state index in [1.807, 2.05) is 0 Å². The molecule has 0 aromatic heterocycles. The quantitative estimate of drug-likeness (QED) is 0.621. The average Bonchev–Trinajstić information content (AvgIpc) is 2.36. The molecule has 0 radical (unpaired) electrons. The van der Waals surface area contributed by atoms with Crippen molar-refractivity contribution in [3.8, 4) is 0 Å². The van der Waals surface area contributed by atoms with Gasteiger partial charge in [-0.15, -0.1) is 0 Å². The highest BCUT2D eigenvalue weighted by molar-refractivity contribution is 4.74. The SMILES string of the molecule is COCCNCC1CCN(CCCN(C)C)CC1. The van der Waals surface area contributed by atoms with Crippen LogP contribution in [-0.4, -0.2) is 76.9 Å². The van der Waals surface area contributed by atoms with Gasteiger partial charge in [0.2, 0.25) is 0 Å². The lowest BCUT2D eigenvalue weighted by molar-refractivity contribution is 0.168. The van der Waals surface area contributed by atoms with Crippen molar-refractivity contribution in [3.63, 3.8) is 0 Å². The van der Waals surface area contributed by atoms with E-state index in [0.717, 1.165) is 25.6 Å². The van der Waals surface area contributed by atoms with Crippen LogP contribution in [0, 0.1) is 5.92 Å². The van der Waals surface area contributed by atoms with Crippen molar-refractivity contribution in [3.05, 3.63) is 0 Å². The Hall–Kier alpha value is -0.160. The van der Waals surface area contributed by atoms with Gasteiger partial charge < -0.3 is 19.9 Å². The monoisotopic (exact) mass is 257 g/mol. The molecule has 4 heteroatoms. The van der Waals surface area contributed by atoms with Crippen molar-refractivity contribution in [2.24, 2.45) is 5.92 Å². The maximum Gasteiger partial charge on any atom is 0.0587 e. The zero-order valence-corrected chi connectivity index (χ0v) is 12.5. The Balaban J connectivity index is 1.98. The van der Waals surface area contributed by atoms with E-state index in [-0.39, 0.29) is 0 Å². The number of ether oxygens (including phenoxy) is 1. The molecule has 1 fully saturated rings. The molecule has 0 aromatic carbocycles. The minimum Gasteiger partial charge on any atom is -0.383 e. The summed E-state index contributed by atoms with van der Waals surface area (Å²) in [5.41, 5.74) is 0. The maximum atomic E-state index is 5.04. The van der Waals surface area contributed by atoms with Gasteiger partial charge >= 0.3 is 0 Å². The Morgan fingerprint density at radius 3 is 2.61 bits per heavy atom. The molecular formula is C14H31N3O. The second kappa shape index (κ2) is 9.73. The van der Waals surface area contributed by atoms with Crippen LogP contribution in [-0.2, 0) is 4.74 Å². The predicted molar refractivity (Wildman–Crippen MR) is 77.1 cm³/mol. The summed E-state index contributed by atoms with van der Waals surface area (Å²) in [7, 11) is 6.06. The lowest BCUT2D eigenvalue weighted by Crippen LogP contribution is -2.38. The maximum absolute atomic E-state index is 5.04. The lowest BCUT2D eigenvalue weighted by Gasteiger charge is -2.32. The smallest absolute Gasteiger partial charge is 0.0587 e. The van der Waals surface area contributed by atoms with Crippen LogP contribution >= 0.6 is 0 Å². The minimum atomic E-state index is 0.823. The zero-order valence-electron chi connectivity index (χ0n) is 12.5. The van der Waals surface area contributed by atoms with Crippen LogP contribution in [0.5, 0.6) is 0 Å². The molecule has 1 rings (SSSR count). The summed E-state index contributed by atoms with van der Waals surface area (Å²) in [6.07, 6.45) is 3.99. The second-order valence-electron chi connectivity index (χ2n) is 5.64. The lowest BCUT2D eigenvalue weighted by atomic mass is 9.96. The van der Waals surface area contributed by atoms with Gasteiger partial charge in [-0.1, -0.05) is 0 Å². The molecule has 1 N–H and O–H groups in total. The van der Waals surface area contributed by atoms with Crippen molar-refractivity contribution < 1.29 is 4.74 Å². The van der Waals surface area contributed by atoms with Crippen LogP contribution in [0.1, 0.15) is 19.3 Å². The van der Waals surface area contributed by atoms with Gasteiger partial charge in [-0.05, 0) is 72.0 Å². The molecule has 1 aliphatic heterocycles. The molecule has 0 bridgehead atoms. The number of hydrogen-bond acceptors (Lipinski definition) is 4. The van der Waals surface area contributed by atoms with Gasteiger partial charge in [0.15, 0.2) is 0 Å². The first-order chi connectivity index (χ1) is 8.72. The van der Waals surface area contributed by atoms with E-state index < -0.39 is 0 Å². The number of piperidine rings is 1. The fourth-order valence-corrected chi connectivity index (χ4v) is 2.51. The molecule has 0 unspecified atom stereocenters. The van der Waals surface area contributed by atoms with E-state index in [2.05, 4.69) is 29.2 Å². The minimum absolute atomic E-state index is 0.823. The Kier molecular flexibility index (Phi) is 8.59. The highest BCUT2D eigenvalue weighted by Crippen LogP contribution is 2.16. The predicted octanol–water partition coefficient (Wildman–Crippen LogP) is 0.886. The number of rotatable bonds is 9. The van der Waals surface area contributed by atoms with Gasteiger partial charge in [-0.2, -0.15) is 0 Å². The third-order valence-electron chi connectivity index (χ3n) is 3.70. The zero-order chi connectivity index (χ0) is 13.2. The Morgan fingerprint density at radius 2 is 2.00 bits per heavy atom. The standard InChI is InChI=1S/C14H31N3O/c1-16(2)8-4-9-17-10-5-14(6-11-17)13-15-7-12-18-3/h14-15H,4-13H2,1-3H3. The molecule has 1 aliphatic rings. The van der Waals surface area contributed by atoms with E-state index in [0.29, 0.717) is 0 Å². The number of methoxy groups -OCH3 is 1. The molecule has 1 saturated heterocycles. The van der Waals surface area contributed by atoms with Crippen LogP contribution < -0.4 is 5.32 Å². The van der Waals surface area contributed by atoms with E-state index in [1.165, 1.54) is 45.4 Å². The molecular weight excluding hydrogens is 226 g/mol. The van der Waals surface area contributed by atoms with Crippen molar-refractivity contribution >= 4 is 0 Å². The molecule has 1 heterocycles. The highest BCUT2D eigenvalue weighted by Gasteiger charge is 2.18. The van der Waals surface area contributed by atoms with Gasteiger partial charge in [-0.25, -0.2) is 0 Å². The Bertz CT molecular complexity index is 191. The van der Waals surface area contributed by atoms with Gasteiger partial charge in [0, 0.05) is 13.7 Å². The molecule has 18 heavy (non-hydrogen) atoms. The summed E-state index contributed by atoms with van der Waals surface area (Å²) in [6, 6.07) is 0. The first-order valence-corrected chi connectivity index (χ1v) is 7.29. The Morgan fingerprint density at radius 1 is 1.28 bits per heavy atom. The highest BCUT2D eigenvalue weighted by atomic mass is 16.5. The summed E-state index contributed by atoms with van der Waals surface area (Å²) in [4.78, 5) is 4.89. The Labute approximate surface area is 113 Å². The number of likely N-dealkylation sites (tertiary alicyclic amines) is 1. The molecule has 0 atom stereocenters. The van der Waals surface area contributed by atoms with Crippen LogP contribution in [0.2, 0.25) is 0 Å². The largest absolute Gasteiger partial charge is 0.383 e. The van der Waals surface area contributed by atoms with Crippen molar-refractivity contribution in [2.45, 2.75) is 19.3 Å². The van der Waals surface area contributed by atoms with Crippen molar-refractivity contribution in [1.82, 2.24) is 15.1 Å². The first-order valence-electron chi connectivity index (χ1n) is 7.29. The molecule has 0 aromatic rings. The number of nitrogens with zero attached hydrogens (tertiary/aromatic N) is 2. The van der Waals surface area contributed by atoms with E-state index >= 15 is 0 Å². The normalized spacial score (nSPS) is 18.7. The van der Waals surface area contributed by atoms with E-state index in [1.54, 1.807) is 7.11 Å². The van der Waals surface area contributed by atoms with E-state index in [9.17, 15) is 0 Å². The first kappa shape index (κ1) is 15.9. The average molecular weight is 257 g/mol. The molecule has 0 aliphatic carbocycles. The molecule has 0 saturated carbocycles. The summed E-state index contributed by atoms with van der Waals surface area (Å²) >= 11 is 0. The van der Waals surface area contributed by atoms with Crippen molar-refractivity contribution in [1.29, 1.82) is 0 Å². The molecule has 0 amide bonds. The topological polar surface area (TPSA) is 27.7 Å². The summed E-state index contributed by atoms with van der Waals surface area (Å²) < 4.78 is 5.04. The fourth-order valence-electron chi connectivity index (χ4n) is 2.51. The van der Waals surface area contributed by atoms with Crippen molar-refractivity contribution in [2.75, 3.05) is 67.1 Å². The van der Waals surface area contributed by atoms with Gasteiger partial charge in [0.25, 0.3) is 0 Å². The third kappa shape index (κ3) is 7.31. The van der Waals surface area contributed by atoms with Gasteiger partial charge in [0.05, 0.1) is 6.61 Å². The molecule has 108 valence electrons. The third-order valence-corrected chi connectivity index (χ3v) is 3.70. The van der Waals surface area contributed by atoms with Gasteiger partial charge in [0.1, 0.15) is 0 Å². The van der Waals surface area contributed by atoms with Crippen LogP contribution in [0.3, 0.4) is 0 Å². The molecule has 0 spiro atoms. The van der Waals surface area contributed by atoms with E-state index in [4.69, 9.17) is 4.74 Å². The van der Waals surface area contributed by atoms with Crippen LogP contribution in [0.15, 0.2) is 0 Å². The van der Waals surface area contributed by atoms with Gasteiger partial charge in [-0.3, -0.25) is 0 Å². The summed E-state index contributed by atoms with van der Waals surface area (Å²) in [5.74, 6) is 0.868. The summed E-state index contributed by atoms with van der Waals surface area (Å²) in [6.45, 7) is 8.01. The van der Waals surface area contributed by atoms with Crippen LogP contribution in [0.4, 0.5) is 0 Å². The van der Waals surface area contributed by atoms with Crippen LogP contribution in [0.25, 0.3) is 0 Å². The summed E-state index contributed by atoms with van der Waals surface area (Å²) in [5, 5.41) is 3.48. The molecule has 4 nitrogen and oxygen atoms in total. The fraction of sp³-hybridized carbons (Fsp3) is 1.00. The second-order valence-corrected chi connectivity index (χ2v) is 5.64. The number of nitrogens with one attached hydrogen (secondary N) is 1.